The monoisotopic (exact) mass is 314 g/mol. The molecule has 22 heavy (non-hydrogen) atoms. The lowest BCUT2D eigenvalue weighted by molar-refractivity contribution is 0.251. The van der Waals surface area contributed by atoms with Crippen molar-refractivity contribution in [2.75, 3.05) is 5.32 Å². The van der Waals surface area contributed by atoms with Gasteiger partial charge in [0.05, 0.1) is 0 Å². The maximum Gasteiger partial charge on any atom is 0.319 e. The molecular weight excluding hydrogens is 300 g/mol. The molecule has 2 N–H and O–H groups in total. The summed E-state index contributed by atoms with van der Waals surface area (Å²) in [6.07, 6.45) is 0. The maximum atomic E-state index is 12.0. The van der Waals surface area contributed by atoms with Crippen LogP contribution >= 0.6 is 11.6 Å². The number of rotatable bonds is 3. The van der Waals surface area contributed by atoms with Crippen LogP contribution in [0.1, 0.15) is 11.3 Å². The fourth-order valence-electron chi connectivity index (χ4n) is 2.35. The number of aryl methyl sites for hydroxylation is 1. The second kappa shape index (κ2) is 6.12. The molecular formula is C17H15ClN2O2. The first-order valence-corrected chi connectivity index (χ1v) is 7.29. The molecule has 0 saturated heterocycles. The molecule has 1 aromatic heterocycles. The Morgan fingerprint density at radius 2 is 2.00 bits per heavy atom. The van der Waals surface area contributed by atoms with E-state index in [1.165, 1.54) is 0 Å². The fourth-order valence-corrected chi connectivity index (χ4v) is 2.54. The lowest BCUT2D eigenvalue weighted by Crippen LogP contribution is -2.28. The molecule has 0 saturated carbocycles. The van der Waals surface area contributed by atoms with Crippen LogP contribution in [-0.2, 0) is 6.54 Å². The number of hydrogen-bond acceptors (Lipinski definition) is 2. The van der Waals surface area contributed by atoms with Crippen molar-refractivity contribution in [1.29, 1.82) is 0 Å². The van der Waals surface area contributed by atoms with Gasteiger partial charge in [0.25, 0.3) is 0 Å². The van der Waals surface area contributed by atoms with Crippen LogP contribution in [0.5, 0.6) is 0 Å². The molecule has 3 rings (SSSR count). The average Bonchev–Trinajstić information content (AvgIpc) is 2.80. The van der Waals surface area contributed by atoms with Gasteiger partial charge in [-0.15, -0.1) is 0 Å². The summed E-state index contributed by atoms with van der Waals surface area (Å²) in [6.45, 7) is 2.29. The lowest BCUT2D eigenvalue weighted by Gasteiger charge is -2.07. The molecule has 3 aromatic rings. The molecule has 0 fully saturated rings. The van der Waals surface area contributed by atoms with E-state index in [2.05, 4.69) is 10.6 Å². The van der Waals surface area contributed by atoms with Crippen LogP contribution in [0.4, 0.5) is 10.5 Å². The van der Waals surface area contributed by atoms with E-state index in [0.29, 0.717) is 17.3 Å². The molecule has 0 aliphatic rings. The SMILES string of the molecule is Cc1oc2ccccc2c1CNC(=O)Nc1cccc(Cl)c1. The van der Waals surface area contributed by atoms with Gasteiger partial charge < -0.3 is 15.1 Å². The summed E-state index contributed by atoms with van der Waals surface area (Å²) in [5.74, 6) is 0.809. The number of nitrogens with one attached hydrogen (secondary N) is 2. The highest BCUT2D eigenvalue weighted by Gasteiger charge is 2.11. The van der Waals surface area contributed by atoms with E-state index in [1.807, 2.05) is 31.2 Å². The van der Waals surface area contributed by atoms with Gasteiger partial charge in [0.2, 0.25) is 0 Å². The molecule has 2 amide bonds. The zero-order chi connectivity index (χ0) is 15.5. The van der Waals surface area contributed by atoms with Crippen molar-refractivity contribution in [2.24, 2.45) is 0 Å². The first kappa shape index (κ1) is 14.5. The van der Waals surface area contributed by atoms with E-state index < -0.39 is 0 Å². The fraction of sp³-hybridized carbons (Fsp3) is 0.118. The van der Waals surface area contributed by atoms with E-state index in [0.717, 1.165) is 22.3 Å². The van der Waals surface area contributed by atoms with Gasteiger partial charge in [-0.2, -0.15) is 0 Å². The smallest absolute Gasteiger partial charge is 0.319 e. The molecule has 0 atom stereocenters. The lowest BCUT2D eigenvalue weighted by atomic mass is 10.1. The third-order valence-electron chi connectivity index (χ3n) is 3.41. The maximum absolute atomic E-state index is 12.0. The van der Waals surface area contributed by atoms with Crippen LogP contribution in [0.2, 0.25) is 5.02 Å². The molecule has 0 radical (unpaired) electrons. The van der Waals surface area contributed by atoms with E-state index in [9.17, 15) is 4.79 Å². The van der Waals surface area contributed by atoms with Crippen molar-refractivity contribution < 1.29 is 9.21 Å². The highest BCUT2D eigenvalue weighted by atomic mass is 35.5. The van der Waals surface area contributed by atoms with Gasteiger partial charge >= 0.3 is 6.03 Å². The number of furan rings is 1. The predicted molar refractivity (Wildman–Crippen MR) is 88.3 cm³/mol. The number of anilines is 1. The van der Waals surface area contributed by atoms with Crippen LogP contribution < -0.4 is 10.6 Å². The molecule has 0 aliphatic heterocycles. The molecule has 2 aromatic carbocycles. The largest absolute Gasteiger partial charge is 0.461 e. The minimum absolute atomic E-state index is 0.285. The summed E-state index contributed by atoms with van der Waals surface area (Å²) >= 11 is 5.89. The number of para-hydroxylation sites is 1. The first-order valence-electron chi connectivity index (χ1n) is 6.91. The quantitative estimate of drug-likeness (QED) is 0.735. The summed E-state index contributed by atoms with van der Waals surface area (Å²) in [5.41, 5.74) is 2.46. The summed E-state index contributed by atoms with van der Waals surface area (Å²) in [6, 6.07) is 14.5. The van der Waals surface area contributed by atoms with Crippen LogP contribution in [0.25, 0.3) is 11.0 Å². The first-order chi connectivity index (χ1) is 10.6. The Hall–Kier alpha value is -2.46. The summed E-state index contributed by atoms with van der Waals surface area (Å²) < 4.78 is 5.68. The van der Waals surface area contributed by atoms with E-state index >= 15 is 0 Å². The van der Waals surface area contributed by atoms with Gasteiger partial charge in [-0.05, 0) is 31.2 Å². The third kappa shape index (κ3) is 3.07. The topological polar surface area (TPSA) is 54.3 Å². The van der Waals surface area contributed by atoms with E-state index in [4.69, 9.17) is 16.0 Å². The highest BCUT2D eigenvalue weighted by Crippen LogP contribution is 2.25. The normalized spacial score (nSPS) is 10.6. The number of amides is 2. The number of carbonyl (C=O) groups excluding carboxylic acids is 1. The zero-order valence-electron chi connectivity index (χ0n) is 12.0. The Balaban J connectivity index is 1.69. The van der Waals surface area contributed by atoms with Crippen LogP contribution in [0, 0.1) is 6.92 Å². The van der Waals surface area contributed by atoms with Gasteiger partial charge in [-0.3, -0.25) is 0 Å². The molecule has 0 unspecified atom stereocenters. The van der Waals surface area contributed by atoms with Crippen molar-refractivity contribution in [3.05, 3.63) is 64.9 Å². The van der Waals surface area contributed by atoms with Gasteiger partial charge in [0, 0.05) is 28.2 Å². The highest BCUT2D eigenvalue weighted by molar-refractivity contribution is 6.30. The molecule has 112 valence electrons. The summed E-state index contributed by atoms with van der Waals surface area (Å²) in [4.78, 5) is 12.0. The predicted octanol–water partition coefficient (Wildman–Crippen LogP) is 4.72. The van der Waals surface area contributed by atoms with Crippen molar-refractivity contribution in [2.45, 2.75) is 13.5 Å². The van der Waals surface area contributed by atoms with Crippen LogP contribution in [0.15, 0.2) is 52.9 Å². The minimum Gasteiger partial charge on any atom is -0.461 e. The van der Waals surface area contributed by atoms with Crippen molar-refractivity contribution in [1.82, 2.24) is 5.32 Å². The molecule has 0 spiro atoms. The second-order valence-electron chi connectivity index (χ2n) is 4.95. The molecule has 4 nitrogen and oxygen atoms in total. The standard InChI is InChI=1S/C17H15ClN2O2/c1-11-15(14-7-2-3-8-16(14)22-11)10-19-17(21)20-13-6-4-5-12(18)9-13/h2-9H,10H2,1H3,(H2,19,20,21). The van der Waals surface area contributed by atoms with Gasteiger partial charge in [-0.25, -0.2) is 4.79 Å². The van der Waals surface area contributed by atoms with Crippen molar-refractivity contribution in [3.63, 3.8) is 0 Å². The molecule has 1 heterocycles. The van der Waals surface area contributed by atoms with Gasteiger partial charge in [0.1, 0.15) is 11.3 Å². The van der Waals surface area contributed by atoms with Gasteiger partial charge in [-0.1, -0.05) is 35.9 Å². The van der Waals surface area contributed by atoms with Crippen LogP contribution in [0.3, 0.4) is 0 Å². The molecule has 5 heteroatoms. The Labute approximate surface area is 133 Å². The number of halogens is 1. The number of hydrogen-bond donors (Lipinski definition) is 2. The van der Waals surface area contributed by atoms with Crippen LogP contribution in [-0.4, -0.2) is 6.03 Å². The van der Waals surface area contributed by atoms with Crippen molar-refractivity contribution in [3.8, 4) is 0 Å². The summed E-state index contributed by atoms with van der Waals surface area (Å²) in [7, 11) is 0. The number of benzene rings is 2. The van der Waals surface area contributed by atoms with Gasteiger partial charge in [0.15, 0.2) is 0 Å². The Morgan fingerprint density at radius 1 is 1.18 bits per heavy atom. The average molecular weight is 315 g/mol. The second-order valence-corrected chi connectivity index (χ2v) is 5.39. The Bertz CT molecular complexity index is 826. The Morgan fingerprint density at radius 3 is 2.82 bits per heavy atom. The minimum atomic E-state index is -0.285. The summed E-state index contributed by atoms with van der Waals surface area (Å²) in [5, 5.41) is 7.18. The molecule has 0 bridgehead atoms. The number of carbonyl (C=O) groups is 1. The van der Waals surface area contributed by atoms with Crippen molar-refractivity contribution >= 4 is 34.3 Å². The zero-order valence-corrected chi connectivity index (χ0v) is 12.8. The number of urea groups is 1. The number of fused-ring (bicyclic) bond motifs is 1. The third-order valence-corrected chi connectivity index (χ3v) is 3.64. The van der Waals surface area contributed by atoms with E-state index in [1.54, 1.807) is 24.3 Å². The molecule has 0 aliphatic carbocycles. The van der Waals surface area contributed by atoms with E-state index in [-0.39, 0.29) is 6.03 Å². The Kier molecular flexibility index (Phi) is 4.02.